The van der Waals surface area contributed by atoms with Crippen molar-refractivity contribution in [2.24, 2.45) is 0 Å². The number of aliphatic carboxylic acids is 1. The first-order chi connectivity index (χ1) is 9.54. The zero-order chi connectivity index (χ0) is 15.0. The number of carboxylic acids is 1. The summed E-state index contributed by atoms with van der Waals surface area (Å²) in [5.41, 5.74) is 0. The molecule has 0 radical (unpaired) electrons. The van der Waals surface area contributed by atoms with Crippen molar-refractivity contribution in [3.8, 4) is 0 Å². The Kier molecular flexibility index (Phi) is 6.78. The molecule has 0 heterocycles. The number of urea groups is 1. The van der Waals surface area contributed by atoms with E-state index in [0.29, 0.717) is 13.2 Å². The lowest BCUT2D eigenvalue weighted by Crippen LogP contribution is -2.45. The number of nitrogens with one attached hydrogen (secondary N) is 2. The van der Waals surface area contributed by atoms with Gasteiger partial charge in [0.15, 0.2) is 0 Å². The van der Waals surface area contributed by atoms with Gasteiger partial charge in [-0.15, -0.1) is 0 Å². The number of amides is 3. The average molecular weight is 287 g/mol. The number of carbonyl (C=O) groups excluding carboxylic acids is 2. The van der Waals surface area contributed by atoms with Gasteiger partial charge in [0.1, 0.15) is 6.54 Å². The van der Waals surface area contributed by atoms with E-state index in [1.54, 1.807) is 7.11 Å². The third-order valence-electron chi connectivity index (χ3n) is 2.81. The standard InChI is InChI=1S/C12H21N3O5/c1-20-7-6-13-10(16)4-5-14-12(19)15(8-11(17)18)9-2-3-9/h9H,2-8H2,1H3,(H,13,16)(H,14,19)(H,17,18). The Morgan fingerprint density at radius 1 is 1.25 bits per heavy atom. The maximum atomic E-state index is 11.8. The van der Waals surface area contributed by atoms with Crippen molar-refractivity contribution in [3.05, 3.63) is 0 Å². The van der Waals surface area contributed by atoms with Crippen LogP contribution >= 0.6 is 0 Å². The summed E-state index contributed by atoms with van der Waals surface area (Å²) in [5, 5.41) is 13.9. The Balaban J connectivity index is 2.20. The van der Waals surface area contributed by atoms with Crippen LogP contribution in [0.2, 0.25) is 0 Å². The Labute approximate surface area is 117 Å². The van der Waals surface area contributed by atoms with Crippen LogP contribution in [0.5, 0.6) is 0 Å². The van der Waals surface area contributed by atoms with E-state index in [4.69, 9.17) is 9.84 Å². The lowest BCUT2D eigenvalue weighted by Gasteiger charge is -2.20. The molecule has 3 N–H and O–H groups in total. The molecule has 0 unspecified atom stereocenters. The number of methoxy groups -OCH3 is 1. The van der Waals surface area contributed by atoms with E-state index < -0.39 is 12.0 Å². The molecule has 1 fully saturated rings. The van der Waals surface area contributed by atoms with Crippen molar-refractivity contribution >= 4 is 17.9 Å². The van der Waals surface area contributed by atoms with Crippen LogP contribution in [-0.2, 0) is 14.3 Å². The molecule has 0 spiro atoms. The molecule has 1 aliphatic carbocycles. The molecular weight excluding hydrogens is 266 g/mol. The molecule has 0 aromatic heterocycles. The van der Waals surface area contributed by atoms with Crippen LogP contribution in [0, 0.1) is 0 Å². The quantitative estimate of drug-likeness (QED) is 0.491. The monoisotopic (exact) mass is 287 g/mol. The smallest absolute Gasteiger partial charge is 0.323 e. The van der Waals surface area contributed by atoms with E-state index >= 15 is 0 Å². The molecule has 0 bridgehead atoms. The van der Waals surface area contributed by atoms with Gasteiger partial charge in [-0.05, 0) is 12.8 Å². The summed E-state index contributed by atoms with van der Waals surface area (Å²) in [7, 11) is 1.54. The SMILES string of the molecule is COCCNC(=O)CCNC(=O)N(CC(=O)O)C1CC1. The second kappa shape index (κ2) is 8.36. The molecule has 0 atom stereocenters. The Hall–Kier alpha value is -1.83. The minimum absolute atomic E-state index is 0.0154. The third-order valence-corrected chi connectivity index (χ3v) is 2.81. The van der Waals surface area contributed by atoms with Gasteiger partial charge in [-0.2, -0.15) is 0 Å². The normalized spacial score (nSPS) is 13.7. The van der Waals surface area contributed by atoms with Gasteiger partial charge >= 0.3 is 12.0 Å². The number of rotatable bonds is 9. The summed E-state index contributed by atoms with van der Waals surface area (Å²) in [5.74, 6) is -1.22. The van der Waals surface area contributed by atoms with Crippen LogP contribution in [0.3, 0.4) is 0 Å². The minimum Gasteiger partial charge on any atom is -0.480 e. The second-order valence-electron chi connectivity index (χ2n) is 4.58. The first kappa shape index (κ1) is 16.2. The second-order valence-corrected chi connectivity index (χ2v) is 4.58. The highest BCUT2D eigenvalue weighted by atomic mass is 16.5. The maximum Gasteiger partial charge on any atom is 0.323 e. The van der Waals surface area contributed by atoms with Crippen molar-refractivity contribution < 1.29 is 24.2 Å². The summed E-state index contributed by atoms with van der Waals surface area (Å²) < 4.78 is 4.79. The van der Waals surface area contributed by atoms with E-state index in [2.05, 4.69) is 10.6 Å². The van der Waals surface area contributed by atoms with E-state index in [0.717, 1.165) is 12.8 Å². The van der Waals surface area contributed by atoms with Gasteiger partial charge in [0.25, 0.3) is 0 Å². The molecule has 0 aromatic carbocycles. The number of carbonyl (C=O) groups is 3. The van der Waals surface area contributed by atoms with Crippen LogP contribution < -0.4 is 10.6 Å². The van der Waals surface area contributed by atoms with Crippen molar-refractivity contribution in [1.29, 1.82) is 0 Å². The number of ether oxygens (including phenoxy) is 1. The lowest BCUT2D eigenvalue weighted by molar-refractivity contribution is -0.137. The third kappa shape index (κ3) is 6.37. The molecule has 3 amide bonds. The van der Waals surface area contributed by atoms with Crippen molar-refractivity contribution in [1.82, 2.24) is 15.5 Å². The summed E-state index contributed by atoms with van der Waals surface area (Å²) in [4.78, 5) is 35.1. The van der Waals surface area contributed by atoms with Crippen LogP contribution in [0.25, 0.3) is 0 Å². The largest absolute Gasteiger partial charge is 0.480 e. The molecule has 114 valence electrons. The van der Waals surface area contributed by atoms with Crippen LogP contribution in [0.15, 0.2) is 0 Å². The van der Waals surface area contributed by atoms with Gasteiger partial charge in [0.2, 0.25) is 5.91 Å². The fraction of sp³-hybridized carbons (Fsp3) is 0.750. The molecular formula is C12H21N3O5. The molecule has 1 rings (SSSR count). The van der Waals surface area contributed by atoms with Crippen LogP contribution in [-0.4, -0.2) is 67.3 Å². The molecule has 1 aliphatic rings. The van der Waals surface area contributed by atoms with Crippen LogP contribution in [0.1, 0.15) is 19.3 Å². The summed E-state index contributed by atoms with van der Waals surface area (Å²) in [6.07, 6.45) is 1.82. The van der Waals surface area contributed by atoms with Gasteiger partial charge < -0.3 is 25.4 Å². The summed E-state index contributed by atoms with van der Waals surface area (Å²) in [6.45, 7) is 0.736. The number of hydrogen-bond donors (Lipinski definition) is 3. The van der Waals surface area contributed by atoms with E-state index in [-0.39, 0.29) is 31.5 Å². The lowest BCUT2D eigenvalue weighted by atomic mass is 10.4. The average Bonchev–Trinajstić information content (AvgIpc) is 3.20. The van der Waals surface area contributed by atoms with Gasteiger partial charge in [-0.25, -0.2) is 4.79 Å². The summed E-state index contributed by atoms with van der Waals surface area (Å²) >= 11 is 0. The number of carboxylic acid groups (broad SMARTS) is 1. The Bertz CT molecular complexity index is 357. The minimum atomic E-state index is -1.04. The first-order valence-electron chi connectivity index (χ1n) is 6.56. The zero-order valence-electron chi connectivity index (χ0n) is 11.6. The Morgan fingerprint density at radius 3 is 2.50 bits per heavy atom. The molecule has 8 heteroatoms. The molecule has 20 heavy (non-hydrogen) atoms. The van der Waals surface area contributed by atoms with E-state index in [1.807, 2.05) is 0 Å². The highest BCUT2D eigenvalue weighted by molar-refractivity contribution is 5.81. The number of nitrogens with zero attached hydrogens (tertiary/aromatic N) is 1. The molecule has 1 saturated carbocycles. The van der Waals surface area contributed by atoms with E-state index in [9.17, 15) is 14.4 Å². The molecule has 8 nitrogen and oxygen atoms in total. The topological polar surface area (TPSA) is 108 Å². The molecule has 0 saturated heterocycles. The van der Waals surface area contributed by atoms with Crippen molar-refractivity contribution in [2.75, 3.05) is 33.4 Å². The predicted molar refractivity (Wildman–Crippen MR) is 70.3 cm³/mol. The molecule has 0 aliphatic heterocycles. The number of hydrogen-bond acceptors (Lipinski definition) is 4. The van der Waals surface area contributed by atoms with Gasteiger partial charge in [0.05, 0.1) is 6.61 Å². The zero-order valence-corrected chi connectivity index (χ0v) is 11.6. The molecule has 0 aromatic rings. The van der Waals surface area contributed by atoms with Crippen LogP contribution in [0.4, 0.5) is 4.79 Å². The fourth-order valence-corrected chi connectivity index (χ4v) is 1.66. The van der Waals surface area contributed by atoms with Gasteiger partial charge in [-0.3, -0.25) is 9.59 Å². The van der Waals surface area contributed by atoms with Crippen molar-refractivity contribution in [2.45, 2.75) is 25.3 Å². The maximum absolute atomic E-state index is 11.8. The van der Waals surface area contributed by atoms with Gasteiger partial charge in [0, 0.05) is 32.7 Å². The van der Waals surface area contributed by atoms with Gasteiger partial charge in [-0.1, -0.05) is 0 Å². The first-order valence-corrected chi connectivity index (χ1v) is 6.56. The highest BCUT2D eigenvalue weighted by Crippen LogP contribution is 2.26. The van der Waals surface area contributed by atoms with Crippen molar-refractivity contribution in [3.63, 3.8) is 0 Å². The Morgan fingerprint density at radius 2 is 1.95 bits per heavy atom. The van der Waals surface area contributed by atoms with E-state index in [1.165, 1.54) is 4.90 Å². The predicted octanol–water partition coefficient (Wildman–Crippen LogP) is -0.602. The summed E-state index contributed by atoms with van der Waals surface area (Å²) in [6, 6.07) is -0.416. The fourth-order valence-electron chi connectivity index (χ4n) is 1.66. The highest BCUT2D eigenvalue weighted by Gasteiger charge is 2.33.